The fourth-order valence-corrected chi connectivity index (χ4v) is 6.07. The average molecular weight is 546 g/mol. The van der Waals surface area contributed by atoms with Crippen LogP contribution in [-0.2, 0) is 0 Å². The van der Waals surface area contributed by atoms with Gasteiger partial charge in [-0.2, -0.15) is 10.2 Å². The Kier molecular flexibility index (Phi) is 9.90. The summed E-state index contributed by atoms with van der Waals surface area (Å²) < 4.78 is 0. The minimum absolute atomic E-state index is 0.685. The van der Waals surface area contributed by atoms with E-state index in [-0.39, 0.29) is 0 Å². The third kappa shape index (κ3) is 7.27. The Morgan fingerprint density at radius 2 is 1.15 bits per heavy atom. The molecule has 0 unspecified atom stereocenters. The molecule has 41 heavy (non-hydrogen) atoms. The van der Waals surface area contributed by atoms with Gasteiger partial charge in [0.25, 0.3) is 0 Å². The lowest BCUT2D eigenvalue weighted by Gasteiger charge is -2.28. The van der Waals surface area contributed by atoms with Gasteiger partial charge in [0, 0.05) is 29.5 Å². The van der Waals surface area contributed by atoms with Crippen molar-refractivity contribution >= 4 is 39.2 Å². The van der Waals surface area contributed by atoms with Gasteiger partial charge in [0.2, 0.25) is 0 Å². The average Bonchev–Trinajstić information content (AvgIpc) is 3.03. The highest BCUT2D eigenvalue weighted by molar-refractivity contribution is 5.99. The van der Waals surface area contributed by atoms with Gasteiger partial charge in [0.05, 0.1) is 22.7 Å². The quantitative estimate of drug-likeness (QED) is 0.173. The zero-order chi connectivity index (χ0) is 28.4. The minimum atomic E-state index is 0.685. The van der Waals surface area contributed by atoms with Crippen molar-refractivity contribution in [2.45, 2.75) is 71.6 Å². The standard InChI is InChI=1S/C36H43N5/c1-4-7-10-27-13-15-28(16-14-27)29-17-19-30(20-18-29)37-39-35-25-26-36(34-12-9-8-11-33(34)35)40-38-31-21-23-32(24-22-31)41(5-2)6-3/h8-9,11-12,17-28H,4-7,10,13-16H2,1-3H3. The number of fused-ring (bicyclic) bond motifs is 1. The van der Waals surface area contributed by atoms with Gasteiger partial charge in [0.15, 0.2) is 0 Å². The summed E-state index contributed by atoms with van der Waals surface area (Å²) in [5, 5.41) is 20.4. The molecule has 0 atom stereocenters. The number of benzene rings is 4. The maximum absolute atomic E-state index is 4.64. The molecule has 0 amide bonds. The van der Waals surface area contributed by atoms with E-state index in [2.05, 4.69) is 94.7 Å². The van der Waals surface area contributed by atoms with Crippen LogP contribution in [0.5, 0.6) is 0 Å². The molecule has 0 heterocycles. The number of hydrogen-bond donors (Lipinski definition) is 0. The van der Waals surface area contributed by atoms with E-state index in [4.69, 9.17) is 0 Å². The van der Waals surface area contributed by atoms with E-state index >= 15 is 0 Å². The van der Waals surface area contributed by atoms with E-state index in [1.54, 1.807) is 0 Å². The Morgan fingerprint density at radius 3 is 1.66 bits per heavy atom. The van der Waals surface area contributed by atoms with Crippen LogP contribution < -0.4 is 4.90 Å². The molecule has 1 aliphatic rings. The minimum Gasteiger partial charge on any atom is -0.372 e. The molecule has 1 aliphatic carbocycles. The van der Waals surface area contributed by atoms with Crippen LogP contribution in [0.2, 0.25) is 0 Å². The van der Waals surface area contributed by atoms with Gasteiger partial charge >= 0.3 is 0 Å². The van der Waals surface area contributed by atoms with Gasteiger partial charge in [0.1, 0.15) is 0 Å². The van der Waals surface area contributed by atoms with Crippen LogP contribution in [0.4, 0.5) is 28.4 Å². The molecule has 0 bridgehead atoms. The van der Waals surface area contributed by atoms with Crippen molar-refractivity contribution in [3.8, 4) is 0 Å². The van der Waals surface area contributed by atoms with E-state index in [0.29, 0.717) is 5.92 Å². The van der Waals surface area contributed by atoms with Crippen LogP contribution in [0.25, 0.3) is 10.8 Å². The van der Waals surface area contributed by atoms with E-state index in [9.17, 15) is 0 Å². The van der Waals surface area contributed by atoms with Gasteiger partial charge in [-0.1, -0.05) is 62.6 Å². The van der Waals surface area contributed by atoms with Gasteiger partial charge in [-0.05, 0) is 105 Å². The molecule has 0 aliphatic heterocycles. The van der Waals surface area contributed by atoms with Crippen LogP contribution in [-0.4, -0.2) is 13.1 Å². The van der Waals surface area contributed by atoms with Crippen LogP contribution in [0.3, 0.4) is 0 Å². The highest BCUT2D eigenvalue weighted by Gasteiger charge is 2.21. The highest BCUT2D eigenvalue weighted by Crippen LogP contribution is 2.39. The second-order valence-electron chi connectivity index (χ2n) is 11.2. The van der Waals surface area contributed by atoms with Crippen molar-refractivity contribution in [1.29, 1.82) is 0 Å². The molecule has 0 radical (unpaired) electrons. The molecule has 5 nitrogen and oxygen atoms in total. The molecule has 0 spiro atoms. The van der Waals surface area contributed by atoms with Gasteiger partial charge in [-0.25, -0.2) is 0 Å². The van der Waals surface area contributed by atoms with Crippen LogP contribution in [0.15, 0.2) is 105 Å². The van der Waals surface area contributed by atoms with Crippen molar-refractivity contribution in [2.75, 3.05) is 18.0 Å². The molecular formula is C36H43N5. The Morgan fingerprint density at radius 1 is 0.610 bits per heavy atom. The second-order valence-corrected chi connectivity index (χ2v) is 11.2. The van der Waals surface area contributed by atoms with Crippen molar-refractivity contribution in [2.24, 2.45) is 26.4 Å². The predicted molar refractivity (Wildman–Crippen MR) is 173 cm³/mol. The topological polar surface area (TPSA) is 52.7 Å². The molecule has 4 aromatic rings. The number of nitrogens with zero attached hydrogens (tertiary/aromatic N) is 5. The third-order valence-electron chi connectivity index (χ3n) is 8.58. The number of rotatable bonds is 11. The zero-order valence-electron chi connectivity index (χ0n) is 24.8. The van der Waals surface area contributed by atoms with E-state index < -0.39 is 0 Å². The summed E-state index contributed by atoms with van der Waals surface area (Å²) in [4.78, 5) is 2.32. The summed E-state index contributed by atoms with van der Waals surface area (Å²) in [6.45, 7) is 8.60. The molecule has 5 heteroatoms. The largest absolute Gasteiger partial charge is 0.372 e. The lowest BCUT2D eigenvalue weighted by atomic mass is 9.77. The predicted octanol–water partition coefficient (Wildman–Crippen LogP) is 12.0. The summed E-state index contributed by atoms with van der Waals surface area (Å²) in [5.74, 6) is 1.62. The Labute approximate surface area is 245 Å². The van der Waals surface area contributed by atoms with Crippen LogP contribution in [0, 0.1) is 5.92 Å². The summed E-state index contributed by atoms with van der Waals surface area (Å²) >= 11 is 0. The molecular weight excluding hydrogens is 502 g/mol. The molecule has 5 rings (SSSR count). The van der Waals surface area contributed by atoms with Crippen LogP contribution >= 0.6 is 0 Å². The Balaban J connectivity index is 1.27. The fraction of sp³-hybridized carbons (Fsp3) is 0.389. The SMILES string of the molecule is CCCCC1CCC(c2ccc(N=Nc3ccc(N=Nc4ccc(N(CC)CC)cc4)c4ccccc34)cc2)CC1. The lowest BCUT2D eigenvalue weighted by molar-refractivity contribution is 0.304. The fourth-order valence-electron chi connectivity index (χ4n) is 6.07. The number of azo groups is 2. The molecule has 0 saturated heterocycles. The molecule has 0 aromatic heterocycles. The molecule has 1 fully saturated rings. The van der Waals surface area contributed by atoms with Crippen molar-refractivity contribution in [3.05, 3.63) is 90.5 Å². The molecule has 212 valence electrons. The first kappa shape index (κ1) is 28.7. The molecule has 0 N–H and O–H groups in total. The van der Waals surface area contributed by atoms with Gasteiger partial charge in [-0.15, -0.1) is 10.2 Å². The maximum Gasteiger partial charge on any atom is 0.0936 e. The van der Waals surface area contributed by atoms with E-state index in [1.165, 1.54) is 56.2 Å². The highest BCUT2D eigenvalue weighted by atomic mass is 15.1. The summed E-state index contributed by atoms with van der Waals surface area (Å²) in [7, 11) is 0. The zero-order valence-corrected chi connectivity index (χ0v) is 24.8. The Bertz CT molecular complexity index is 1440. The summed E-state index contributed by atoms with van der Waals surface area (Å²) in [6.07, 6.45) is 9.47. The summed E-state index contributed by atoms with van der Waals surface area (Å²) in [5.41, 5.74) is 6.02. The van der Waals surface area contributed by atoms with Crippen molar-refractivity contribution in [3.63, 3.8) is 0 Å². The van der Waals surface area contributed by atoms with Crippen molar-refractivity contribution in [1.82, 2.24) is 0 Å². The Hall–Kier alpha value is -3.86. The summed E-state index contributed by atoms with van der Waals surface area (Å²) in [6, 6.07) is 29.1. The maximum atomic E-state index is 4.64. The molecule has 1 saturated carbocycles. The normalized spacial score (nSPS) is 17.5. The smallest absolute Gasteiger partial charge is 0.0936 e. The third-order valence-corrected chi connectivity index (χ3v) is 8.58. The van der Waals surface area contributed by atoms with Gasteiger partial charge in [-0.3, -0.25) is 0 Å². The van der Waals surface area contributed by atoms with Crippen molar-refractivity contribution < 1.29 is 0 Å². The second kappa shape index (κ2) is 14.2. The van der Waals surface area contributed by atoms with E-state index in [0.717, 1.165) is 52.5 Å². The first-order valence-electron chi connectivity index (χ1n) is 15.5. The van der Waals surface area contributed by atoms with Gasteiger partial charge < -0.3 is 4.90 Å². The lowest BCUT2D eigenvalue weighted by Crippen LogP contribution is -2.21. The number of anilines is 1. The number of unbranched alkanes of at least 4 members (excludes halogenated alkanes) is 1. The number of hydrogen-bond acceptors (Lipinski definition) is 5. The first-order chi connectivity index (χ1) is 20.2. The van der Waals surface area contributed by atoms with E-state index in [1.807, 2.05) is 36.4 Å². The monoisotopic (exact) mass is 545 g/mol. The molecule has 4 aromatic carbocycles. The van der Waals surface area contributed by atoms with Crippen LogP contribution in [0.1, 0.15) is 77.2 Å². The first-order valence-corrected chi connectivity index (χ1v) is 15.5.